The van der Waals surface area contributed by atoms with Crippen LogP contribution in [0.25, 0.3) is 0 Å². The molecule has 5 heteroatoms. The number of carbonyl (C=O) groups is 1. The van der Waals surface area contributed by atoms with Crippen LogP contribution in [0, 0.1) is 17.8 Å². The number of hydrogen-bond donors (Lipinski definition) is 2. The van der Waals surface area contributed by atoms with Crippen molar-refractivity contribution in [1.82, 2.24) is 4.90 Å². The van der Waals surface area contributed by atoms with Gasteiger partial charge in [0.05, 0.1) is 12.5 Å². The SMILES string of the molecule is NC(=O)C1CCCN(Cc2sccc2C#CCCO)C1. The minimum atomic E-state index is -0.191. The normalized spacial score (nSPS) is 19.4. The van der Waals surface area contributed by atoms with Crippen LogP contribution in [-0.2, 0) is 11.3 Å². The molecular formula is C15H20N2O2S. The highest BCUT2D eigenvalue weighted by molar-refractivity contribution is 7.10. The van der Waals surface area contributed by atoms with Gasteiger partial charge in [-0.2, -0.15) is 0 Å². The predicted molar refractivity (Wildman–Crippen MR) is 80.1 cm³/mol. The molecule has 0 bridgehead atoms. The summed E-state index contributed by atoms with van der Waals surface area (Å²) in [5.74, 6) is 5.84. The molecule has 0 saturated carbocycles. The van der Waals surface area contributed by atoms with Gasteiger partial charge in [0.1, 0.15) is 0 Å². The first kappa shape index (κ1) is 15.0. The van der Waals surface area contributed by atoms with E-state index in [2.05, 4.69) is 16.7 Å². The molecule has 1 saturated heterocycles. The Morgan fingerprint density at radius 1 is 1.60 bits per heavy atom. The summed E-state index contributed by atoms with van der Waals surface area (Å²) in [4.78, 5) is 14.8. The Hall–Kier alpha value is -1.35. The van der Waals surface area contributed by atoms with Crippen molar-refractivity contribution in [2.24, 2.45) is 11.7 Å². The third-order valence-corrected chi connectivity index (χ3v) is 4.39. The third-order valence-electron chi connectivity index (χ3n) is 3.48. The van der Waals surface area contributed by atoms with Gasteiger partial charge in [-0.3, -0.25) is 9.69 Å². The molecule has 20 heavy (non-hydrogen) atoms. The fraction of sp³-hybridized carbons (Fsp3) is 0.533. The van der Waals surface area contributed by atoms with Crippen LogP contribution in [0.3, 0.4) is 0 Å². The molecule has 0 radical (unpaired) electrons. The van der Waals surface area contributed by atoms with E-state index in [0.717, 1.165) is 38.0 Å². The molecule has 0 aliphatic carbocycles. The maximum Gasteiger partial charge on any atom is 0.221 e. The maximum atomic E-state index is 11.3. The molecule has 1 aromatic rings. The van der Waals surface area contributed by atoms with E-state index in [1.807, 2.05) is 11.4 Å². The second kappa shape index (κ2) is 7.44. The summed E-state index contributed by atoms with van der Waals surface area (Å²) < 4.78 is 0. The zero-order chi connectivity index (χ0) is 14.4. The molecule has 108 valence electrons. The molecule has 1 aliphatic heterocycles. The Labute approximate surface area is 123 Å². The molecule has 1 fully saturated rings. The molecule has 1 atom stereocenters. The van der Waals surface area contributed by atoms with Gasteiger partial charge in [-0.15, -0.1) is 11.3 Å². The Kier molecular flexibility index (Phi) is 5.60. The zero-order valence-corrected chi connectivity index (χ0v) is 12.3. The molecular weight excluding hydrogens is 272 g/mol. The second-order valence-corrected chi connectivity index (χ2v) is 6.01. The van der Waals surface area contributed by atoms with Crippen LogP contribution in [-0.4, -0.2) is 35.6 Å². The van der Waals surface area contributed by atoms with E-state index in [-0.39, 0.29) is 18.4 Å². The summed E-state index contributed by atoms with van der Waals surface area (Å²) in [5.41, 5.74) is 6.44. The van der Waals surface area contributed by atoms with Gasteiger partial charge in [0.2, 0.25) is 5.91 Å². The third kappa shape index (κ3) is 4.07. The second-order valence-electron chi connectivity index (χ2n) is 5.01. The Morgan fingerprint density at radius 2 is 2.45 bits per heavy atom. The van der Waals surface area contributed by atoms with Gasteiger partial charge in [0, 0.05) is 30.0 Å². The number of nitrogens with zero attached hydrogens (tertiary/aromatic N) is 1. The lowest BCUT2D eigenvalue weighted by Crippen LogP contribution is -2.40. The van der Waals surface area contributed by atoms with E-state index in [4.69, 9.17) is 10.8 Å². The first-order chi connectivity index (χ1) is 9.70. The molecule has 4 nitrogen and oxygen atoms in total. The number of aliphatic hydroxyl groups is 1. The summed E-state index contributed by atoms with van der Waals surface area (Å²) in [6.45, 7) is 2.67. The highest BCUT2D eigenvalue weighted by atomic mass is 32.1. The number of piperidine rings is 1. The van der Waals surface area contributed by atoms with Crippen molar-refractivity contribution >= 4 is 17.2 Å². The first-order valence-electron chi connectivity index (χ1n) is 6.88. The summed E-state index contributed by atoms with van der Waals surface area (Å²) >= 11 is 1.69. The van der Waals surface area contributed by atoms with Crippen LogP contribution in [0.4, 0.5) is 0 Å². The molecule has 2 heterocycles. The van der Waals surface area contributed by atoms with Crippen molar-refractivity contribution in [3.8, 4) is 11.8 Å². The number of rotatable bonds is 4. The quantitative estimate of drug-likeness (QED) is 0.819. The van der Waals surface area contributed by atoms with Gasteiger partial charge in [0.25, 0.3) is 0 Å². The minimum absolute atomic E-state index is 0.0207. The van der Waals surface area contributed by atoms with Crippen LogP contribution in [0.2, 0.25) is 0 Å². The smallest absolute Gasteiger partial charge is 0.221 e. The van der Waals surface area contributed by atoms with E-state index in [1.165, 1.54) is 4.88 Å². The van der Waals surface area contributed by atoms with Crippen LogP contribution in [0.5, 0.6) is 0 Å². The average Bonchev–Trinajstić information content (AvgIpc) is 2.87. The predicted octanol–water partition coefficient (Wildman–Crippen LogP) is 1.18. The van der Waals surface area contributed by atoms with Crippen LogP contribution in [0.15, 0.2) is 11.4 Å². The fourth-order valence-electron chi connectivity index (χ4n) is 2.42. The van der Waals surface area contributed by atoms with Gasteiger partial charge in [-0.25, -0.2) is 0 Å². The summed E-state index contributed by atoms with van der Waals surface area (Å²) in [7, 11) is 0. The largest absolute Gasteiger partial charge is 0.395 e. The monoisotopic (exact) mass is 292 g/mol. The lowest BCUT2D eigenvalue weighted by Gasteiger charge is -2.30. The first-order valence-corrected chi connectivity index (χ1v) is 7.76. The molecule has 1 unspecified atom stereocenters. The Morgan fingerprint density at radius 3 is 3.20 bits per heavy atom. The van der Waals surface area contributed by atoms with Gasteiger partial charge in [0.15, 0.2) is 0 Å². The van der Waals surface area contributed by atoms with Crippen LogP contribution >= 0.6 is 11.3 Å². The number of likely N-dealkylation sites (tertiary alicyclic amines) is 1. The number of aliphatic hydroxyl groups excluding tert-OH is 1. The minimum Gasteiger partial charge on any atom is -0.395 e. The molecule has 1 amide bonds. The molecule has 0 spiro atoms. The van der Waals surface area contributed by atoms with Crippen LogP contribution in [0.1, 0.15) is 29.7 Å². The average molecular weight is 292 g/mol. The summed E-state index contributed by atoms with van der Waals surface area (Å²) in [6.07, 6.45) is 2.42. The van der Waals surface area contributed by atoms with E-state index in [1.54, 1.807) is 11.3 Å². The summed E-state index contributed by atoms with van der Waals surface area (Å²) in [5, 5.41) is 10.8. The highest BCUT2D eigenvalue weighted by Crippen LogP contribution is 2.22. The van der Waals surface area contributed by atoms with Crippen molar-refractivity contribution in [1.29, 1.82) is 0 Å². The van der Waals surface area contributed by atoms with Crippen molar-refractivity contribution in [3.05, 3.63) is 21.9 Å². The Bertz CT molecular complexity index is 515. The highest BCUT2D eigenvalue weighted by Gasteiger charge is 2.24. The summed E-state index contributed by atoms with van der Waals surface area (Å²) in [6, 6.07) is 2.01. The van der Waals surface area contributed by atoms with Gasteiger partial charge in [-0.1, -0.05) is 11.8 Å². The van der Waals surface area contributed by atoms with E-state index >= 15 is 0 Å². The number of hydrogen-bond acceptors (Lipinski definition) is 4. The van der Waals surface area contributed by atoms with Crippen molar-refractivity contribution in [2.75, 3.05) is 19.7 Å². The number of amides is 1. The van der Waals surface area contributed by atoms with E-state index in [0.29, 0.717) is 6.42 Å². The zero-order valence-electron chi connectivity index (χ0n) is 11.5. The maximum absolute atomic E-state index is 11.3. The van der Waals surface area contributed by atoms with E-state index in [9.17, 15) is 4.79 Å². The lowest BCUT2D eigenvalue weighted by atomic mass is 9.97. The fourth-order valence-corrected chi connectivity index (χ4v) is 3.29. The number of carbonyl (C=O) groups excluding carboxylic acids is 1. The van der Waals surface area contributed by atoms with E-state index < -0.39 is 0 Å². The molecule has 1 aromatic heterocycles. The van der Waals surface area contributed by atoms with Gasteiger partial charge in [-0.05, 0) is 30.8 Å². The lowest BCUT2D eigenvalue weighted by molar-refractivity contribution is -0.123. The Balaban J connectivity index is 1.98. The standard InChI is InChI=1S/C15H20N2O2S/c16-15(19)13-5-3-7-17(10-13)11-14-12(6-9-20-14)4-1-2-8-18/h6,9,13,18H,2-3,5,7-8,10-11H2,(H2,16,19). The van der Waals surface area contributed by atoms with Crippen molar-refractivity contribution in [3.63, 3.8) is 0 Å². The number of primary amides is 1. The van der Waals surface area contributed by atoms with Gasteiger partial charge < -0.3 is 10.8 Å². The molecule has 2 rings (SSSR count). The molecule has 1 aliphatic rings. The number of nitrogens with two attached hydrogens (primary N) is 1. The molecule has 3 N–H and O–H groups in total. The molecule has 0 aromatic carbocycles. The van der Waals surface area contributed by atoms with Crippen LogP contribution < -0.4 is 5.73 Å². The topological polar surface area (TPSA) is 66.6 Å². The van der Waals surface area contributed by atoms with Crippen molar-refractivity contribution < 1.29 is 9.90 Å². The van der Waals surface area contributed by atoms with Gasteiger partial charge >= 0.3 is 0 Å². The number of thiophene rings is 1. The van der Waals surface area contributed by atoms with Crippen molar-refractivity contribution in [2.45, 2.75) is 25.8 Å².